The molecular weight excluding hydrogens is 578 g/mol. The summed E-state index contributed by atoms with van der Waals surface area (Å²) in [5.41, 5.74) is 8.47. The zero-order valence-electron chi connectivity index (χ0n) is 19.7. The van der Waals surface area contributed by atoms with Crippen molar-refractivity contribution in [3.63, 3.8) is 0 Å². The maximum Gasteiger partial charge on any atom is 0.296 e. The summed E-state index contributed by atoms with van der Waals surface area (Å²) in [6.07, 6.45) is 0. The number of benzene rings is 3. The van der Waals surface area contributed by atoms with Crippen LogP contribution in [0.5, 0.6) is 0 Å². The first-order valence-electron chi connectivity index (χ1n) is 10.6. The van der Waals surface area contributed by atoms with Gasteiger partial charge in [0.15, 0.2) is 11.6 Å². The highest BCUT2D eigenvalue weighted by molar-refractivity contribution is 7.86. The van der Waals surface area contributed by atoms with E-state index in [4.69, 9.17) is 11.5 Å². The van der Waals surface area contributed by atoms with E-state index in [1.54, 1.807) is 0 Å². The van der Waals surface area contributed by atoms with Crippen LogP contribution in [0.4, 0.5) is 17.1 Å². The number of nitrogen functional groups attached to an aromatic ring is 1. The highest BCUT2D eigenvalue weighted by Gasteiger charge is 2.37. The Bertz CT molecular complexity index is 1950. The predicted molar refractivity (Wildman–Crippen MR) is 136 cm³/mol. The number of carbonyl (C=O) groups is 2. The van der Waals surface area contributed by atoms with Gasteiger partial charge in [-0.3, -0.25) is 23.2 Å². The van der Waals surface area contributed by atoms with Gasteiger partial charge in [-0.2, -0.15) is 25.3 Å². The molecule has 3 aromatic rings. The molecule has 17 heteroatoms. The minimum Gasteiger partial charge on any atom is -0.397 e. The van der Waals surface area contributed by atoms with Crippen LogP contribution in [0.1, 0.15) is 43.0 Å². The standard InChI is InChI=1S/C22H19N3O11S3/c1-9-4-16(38(31,32)33)14(5-10(9)8-23)25-15-7-17(39(34,35)36)20(24)19-18(15)22(27)13-6-11(37(28,29)30)2-3-12(13)21(19)26/h2-7,25H,8,23-24H2,1H3,(H,28,29,30)(H,31,32,33)(H,34,35,36). The molecule has 14 nitrogen and oxygen atoms in total. The van der Waals surface area contributed by atoms with Crippen molar-refractivity contribution in [2.45, 2.75) is 28.2 Å². The van der Waals surface area contributed by atoms with Gasteiger partial charge < -0.3 is 16.8 Å². The number of nitrogens with two attached hydrogens (primary N) is 2. The number of carbonyl (C=O) groups excluding carboxylic acids is 2. The highest BCUT2D eigenvalue weighted by Crippen LogP contribution is 2.41. The summed E-state index contributed by atoms with van der Waals surface area (Å²) >= 11 is 0. The summed E-state index contributed by atoms with van der Waals surface area (Å²) in [6.45, 7) is 1.42. The molecule has 0 aromatic heterocycles. The van der Waals surface area contributed by atoms with E-state index in [1.165, 1.54) is 13.0 Å². The monoisotopic (exact) mass is 597 g/mol. The van der Waals surface area contributed by atoms with Crippen molar-refractivity contribution in [2.75, 3.05) is 11.1 Å². The number of fused-ring (bicyclic) bond motifs is 2. The van der Waals surface area contributed by atoms with Crippen molar-refractivity contribution in [1.82, 2.24) is 0 Å². The second-order valence-electron chi connectivity index (χ2n) is 8.48. The first kappa shape index (κ1) is 28.3. The van der Waals surface area contributed by atoms with E-state index in [9.17, 15) is 48.5 Å². The second kappa shape index (κ2) is 9.19. The summed E-state index contributed by atoms with van der Waals surface area (Å²) in [4.78, 5) is 24.6. The van der Waals surface area contributed by atoms with E-state index in [0.29, 0.717) is 17.2 Å². The van der Waals surface area contributed by atoms with Crippen LogP contribution in [0.2, 0.25) is 0 Å². The maximum atomic E-state index is 13.6. The normalized spacial score (nSPS) is 13.7. The molecule has 0 spiro atoms. The molecule has 39 heavy (non-hydrogen) atoms. The van der Waals surface area contributed by atoms with Gasteiger partial charge in [0.2, 0.25) is 0 Å². The van der Waals surface area contributed by atoms with E-state index in [-0.39, 0.29) is 17.8 Å². The smallest absolute Gasteiger partial charge is 0.296 e. The molecule has 0 amide bonds. The molecule has 206 valence electrons. The second-order valence-corrected chi connectivity index (χ2v) is 12.7. The Labute approximate surface area is 221 Å². The zero-order valence-corrected chi connectivity index (χ0v) is 22.1. The Kier molecular flexibility index (Phi) is 6.67. The van der Waals surface area contributed by atoms with Crippen molar-refractivity contribution in [3.8, 4) is 0 Å². The van der Waals surface area contributed by atoms with Gasteiger partial charge in [-0.05, 0) is 54.4 Å². The van der Waals surface area contributed by atoms with Crippen molar-refractivity contribution in [3.05, 3.63) is 69.8 Å². The number of hydrogen-bond acceptors (Lipinski definition) is 11. The number of ketones is 2. The number of aryl methyl sites for hydroxylation is 1. The molecule has 1 aliphatic rings. The molecule has 0 unspecified atom stereocenters. The third kappa shape index (κ3) is 4.91. The molecule has 1 aliphatic carbocycles. The quantitative estimate of drug-likeness (QED) is 0.135. The van der Waals surface area contributed by atoms with Gasteiger partial charge in [-0.25, -0.2) is 0 Å². The Morgan fingerprint density at radius 2 is 1.33 bits per heavy atom. The number of rotatable bonds is 6. The lowest BCUT2D eigenvalue weighted by atomic mass is 9.82. The van der Waals surface area contributed by atoms with Crippen molar-refractivity contribution in [1.29, 1.82) is 0 Å². The third-order valence-electron chi connectivity index (χ3n) is 6.05. The molecule has 0 aliphatic heterocycles. The molecule has 0 bridgehead atoms. The number of anilines is 3. The lowest BCUT2D eigenvalue weighted by Gasteiger charge is -2.24. The SMILES string of the molecule is Cc1cc(S(=O)(=O)O)c(Nc2cc(S(=O)(=O)O)c(N)c3c2C(=O)c2cc(S(=O)(=O)O)ccc2C3=O)cc1CN. The molecule has 0 fully saturated rings. The Balaban J connectivity index is 2.09. The van der Waals surface area contributed by atoms with Gasteiger partial charge >= 0.3 is 0 Å². The Hall–Kier alpha value is -3.71. The average molecular weight is 598 g/mol. The molecule has 0 heterocycles. The molecular formula is C22H19N3O11S3. The average Bonchev–Trinajstić information content (AvgIpc) is 2.81. The molecule has 4 rings (SSSR count). The van der Waals surface area contributed by atoms with Crippen LogP contribution in [0.25, 0.3) is 0 Å². The summed E-state index contributed by atoms with van der Waals surface area (Å²) in [7, 11) is -14.8. The fraction of sp³-hybridized carbons (Fsp3) is 0.0909. The van der Waals surface area contributed by atoms with E-state index < -0.39 is 84.7 Å². The van der Waals surface area contributed by atoms with Crippen LogP contribution in [0, 0.1) is 6.92 Å². The molecule has 8 N–H and O–H groups in total. The lowest BCUT2D eigenvalue weighted by Crippen LogP contribution is -2.25. The molecule has 0 saturated heterocycles. The fourth-order valence-corrected chi connectivity index (χ4v) is 6.07. The van der Waals surface area contributed by atoms with Crippen LogP contribution in [0.15, 0.2) is 51.1 Å². The lowest BCUT2D eigenvalue weighted by molar-refractivity contribution is 0.0980. The Morgan fingerprint density at radius 3 is 1.87 bits per heavy atom. The van der Waals surface area contributed by atoms with Gasteiger partial charge in [0.05, 0.1) is 33.1 Å². The van der Waals surface area contributed by atoms with E-state index >= 15 is 0 Å². The molecule has 0 atom stereocenters. The molecule has 0 saturated carbocycles. The van der Waals surface area contributed by atoms with Crippen LogP contribution < -0.4 is 16.8 Å². The first-order valence-corrected chi connectivity index (χ1v) is 14.9. The third-order valence-corrected chi connectivity index (χ3v) is 8.68. The van der Waals surface area contributed by atoms with Crippen molar-refractivity contribution in [2.24, 2.45) is 5.73 Å². The van der Waals surface area contributed by atoms with E-state index in [1.807, 2.05) is 0 Å². The molecule has 3 aromatic carbocycles. The highest BCUT2D eigenvalue weighted by atomic mass is 32.2. The summed E-state index contributed by atoms with van der Waals surface area (Å²) in [5.74, 6) is -2.09. The van der Waals surface area contributed by atoms with Gasteiger partial charge in [-0.1, -0.05) is 0 Å². The van der Waals surface area contributed by atoms with Gasteiger partial charge in [0, 0.05) is 17.7 Å². The summed E-state index contributed by atoms with van der Waals surface area (Å²) < 4.78 is 101. The Morgan fingerprint density at radius 1 is 0.744 bits per heavy atom. The fourth-order valence-electron chi connectivity index (χ4n) is 4.20. The van der Waals surface area contributed by atoms with Crippen LogP contribution in [-0.2, 0) is 36.9 Å². The largest absolute Gasteiger partial charge is 0.397 e. The van der Waals surface area contributed by atoms with Crippen LogP contribution in [-0.4, -0.2) is 50.5 Å². The first-order chi connectivity index (χ1) is 17.9. The van der Waals surface area contributed by atoms with E-state index in [0.717, 1.165) is 24.3 Å². The van der Waals surface area contributed by atoms with Gasteiger partial charge in [-0.15, -0.1) is 0 Å². The number of nitrogens with one attached hydrogen (secondary N) is 1. The minimum atomic E-state index is -5.11. The van der Waals surface area contributed by atoms with Crippen molar-refractivity contribution < 1.29 is 48.5 Å². The minimum absolute atomic E-state index is 0.0917. The zero-order chi connectivity index (χ0) is 29.2. The predicted octanol–water partition coefficient (Wildman–Crippen LogP) is 1.30. The summed E-state index contributed by atoms with van der Waals surface area (Å²) in [6, 6.07) is 5.42. The van der Waals surface area contributed by atoms with Crippen LogP contribution in [0.3, 0.4) is 0 Å². The summed E-state index contributed by atoms with van der Waals surface area (Å²) in [5, 5.41) is 2.51. The van der Waals surface area contributed by atoms with Crippen molar-refractivity contribution >= 4 is 59.0 Å². The maximum absolute atomic E-state index is 13.6. The molecule has 0 radical (unpaired) electrons. The topological polar surface area (TPSA) is 261 Å². The van der Waals surface area contributed by atoms with Gasteiger partial charge in [0.25, 0.3) is 30.4 Å². The van der Waals surface area contributed by atoms with Gasteiger partial charge in [0.1, 0.15) is 9.79 Å². The van der Waals surface area contributed by atoms with E-state index in [2.05, 4.69) is 5.32 Å². The number of hydrogen-bond donors (Lipinski definition) is 6. The van der Waals surface area contributed by atoms with Crippen LogP contribution >= 0.6 is 0 Å².